The minimum Gasteiger partial charge on any atom is -0.481 e. The average Bonchev–Trinajstić information content (AvgIpc) is 1.75. The van der Waals surface area contributed by atoms with E-state index in [1.54, 1.807) is 85.9 Å². The number of carboxylic acids is 3. The van der Waals surface area contributed by atoms with Crippen LogP contribution in [0.5, 0.6) is 0 Å². The molecule has 35 N–H and O–H groups in total. The lowest BCUT2D eigenvalue weighted by atomic mass is 9.98. The molecular formula is C85H143N27O21. The average molecular weight is 1880 g/mol. The number of hydrogen-bond donors (Lipinski definition) is 29. The van der Waals surface area contributed by atoms with Gasteiger partial charge in [-0.15, -0.1) is 0 Å². The van der Waals surface area contributed by atoms with Crippen LogP contribution in [0.3, 0.4) is 0 Å². The largest absolute Gasteiger partial charge is 0.481 e. The second-order valence-corrected chi connectivity index (χ2v) is 35.2. The van der Waals surface area contributed by atoms with Gasteiger partial charge in [-0.05, 0) is 157 Å². The van der Waals surface area contributed by atoms with Gasteiger partial charge >= 0.3 is 17.9 Å². The number of fused-ring (bicyclic) bond motifs is 1. The standard InChI is InChI=1S/C85H143N27O21/c1-42(2)36-58(106-76(126)59(37-43(3)4)108-80(130)66(45(7)8)110-69(119)50(87)40-65(116)117)75(125)99-47(11)68(118)100-55(27-29-63(88)113)73(123)103-56(28-30-64(114)115)74(124)111-67(46(9)10)79(129)105-57(25-18-34-97-85(93)94)81(131)112-35-19-26-62(112)78(128)104-54(24-17-33-96-84(91)92)70(120)101-53(23-16-32-95-83(89)90)71(121)107-60(39-48-41-98-51-21-13-12-20-49(48)51)77(127)102-52(22-14-15-31-86)72(122)109-61(82(132)133)38-44(5)6/h12-13,20-21,41-47,50,52-62,66-67,98H,14-19,22-40,86-87H2,1-11H3,(H2,88,113)(H,99,125)(H,100,118)(H,101,120)(H,102,127)(H,103,123)(H,104,128)(H,105,129)(H,106,126)(H,107,121)(H,108,130)(H,109,122)(H,110,119)(H,111,124)(H,114,115)(H,116,117)(H,132,133)(H4,89,90,95)(H4,91,92,96)(H4,93,94,97)/t47-,50-,52-,53-,54-,55-,56-,57-,58-,59-,60-,61-,62-,66-,67-/m0/s1. The molecule has 0 aliphatic carbocycles. The van der Waals surface area contributed by atoms with E-state index < -0.39 is 259 Å². The number of rotatable bonds is 62. The normalized spacial score (nSPS) is 15.6. The molecular weight excluding hydrogens is 1740 g/mol. The molecule has 3 rings (SSSR count). The summed E-state index contributed by atoms with van der Waals surface area (Å²) in [6.07, 6.45) is -1.42. The summed E-state index contributed by atoms with van der Waals surface area (Å²) in [7, 11) is 0. The molecule has 1 aliphatic rings. The molecule has 2 aromatic rings. The Balaban J connectivity index is 2.03. The van der Waals surface area contributed by atoms with E-state index in [4.69, 9.17) is 50.6 Å². The smallest absolute Gasteiger partial charge is 0.326 e. The number of guanidine groups is 3. The topological polar surface area (TPSA) is 807 Å². The highest BCUT2D eigenvalue weighted by Crippen LogP contribution is 2.24. The first-order chi connectivity index (χ1) is 62.4. The SMILES string of the molecule is CC(C)C[C@H](NC(=O)[C@H](CCCCN)NC(=O)[C@H](Cc1c[nH]c2ccccc12)NC(=O)[C@H](CCCNC(=N)N)NC(=O)[C@H](CCCNC(=N)N)NC(=O)[C@@H]1CCCN1C(=O)[C@H](CCCNC(=N)N)NC(=O)[C@@H](NC(=O)[C@H](CCC(=O)O)NC(=O)[C@H](CCC(N)=O)NC(=O)[C@H](C)NC(=O)[C@H](CC(C)C)NC(=O)[C@H](CC(C)C)NC(=O)[C@@H](NC(=O)[C@@H](N)CC(=O)O)C(C)C)C(C)C)C(=O)O. The van der Waals surface area contributed by atoms with Crippen molar-refractivity contribution < 1.29 is 102 Å². The van der Waals surface area contributed by atoms with Gasteiger partial charge in [0.2, 0.25) is 88.6 Å². The van der Waals surface area contributed by atoms with Gasteiger partial charge in [-0.25, -0.2) is 4.79 Å². The fourth-order valence-electron chi connectivity index (χ4n) is 14.5. The lowest BCUT2D eigenvalue weighted by Crippen LogP contribution is -2.61. The third-order valence-corrected chi connectivity index (χ3v) is 21.6. The van der Waals surface area contributed by atoms with E-state index in [1.807, 2.05) is 0 Å². The molecule has 0 bridgehead atoms. The highest BCUT2D eigenvalue weighted by Gasteiger charge is 2.43. The Morgan fingerprint density at radius 1 is 0.429 bits per heavy atom. The molecule has 2 heterocycles. The zero-order chi connectivity index (χ0) is 100. The minimum atomic E-state index is -1.83. The highest BCUT2D eigenvalue weighted by molar-refractivity contribution is 6.01. The maximum absolute atomic E-state index is 15.2. The van der Waals surface area contributed by atoms with Crippen molar-refractivity contribution in [1.29, 1.82) is 16.2 Å². The number of unbranched alkanes of at least 4 members (excludes halogenated alkanes) is 1. The Morgan fingerprint density at radius 3 is 1.27 bits per heavy atom. The van der Waals surface area contributed by atoms with E-state index in [0.717, 1.165) is 4.90 Å². The summed E-state index contributed by atoms with van der Waals surface area (Å²) in [5.74, 6) is -21.8. The quantitative estimate of drug-likeness (QED) is 0.0168. The van der Waals surface area contributed by atoms with Crippen molar-refractivity contribution in [1.82, 2.24) is 95.0 Å². The molecule has 48 nitrogen and oxygen atoms in total. The number of carboxylic acid groups (broad SMARTS) is 3. The van der Waals surface area contributed by atoms with Crippen LogP contribution < -0.4 is 119 Å². The van der Waals surface area contributed by atoms with Crippen LogP contribution in [-0.2, 0) is 92.7 Å². The third kappa shape index (κ3) is 41.9. The zero-order valence-electron chi connectivity index (χ0n) is 77.7. The van der Waals surface area contributed by atoms with Gasteiger partial charge in [0.1, 0.15) is 84.6 Å². The molecule has 0 saturated carbocycles. The van der Waals surface area contributed by atoms with Gasteiger partial charge in [0.15, 0.2) is 17.9 Å². The number of nitrogens with one attached hydrogen (secondary N) is 20. The van der Waals surface area contributed by atoms with Gasteiger partial charge in [0, 0.05) is 62.5 Å². The van der Waals surface area contributed by atoms with E-state index in [0.29, 0.717) is 29.3 Å². The van der Waals surface area contributed by atoms with E-state index in [9.17, 15) is 87.2 Å². The lowest BCUT2D eigenvalue weighted by Gasteiger charge is -2.32. The van der Waals surface area contributed by atoms with Crippen LogP contribution in [0.15, 0.2) is 30.5 Å². The molecule has 133 heavy (non-hydrogen) atoms. The third-order valence-electron chi connectivity index (χ3n) is 21.6. The first-order valence-corrected chi connectivity index (χ1v) is 44.9. The molecule has 1 aromatic carbocycles. The van der Waals surface area contributed by atoms with Crippen LogP contribution >= 0.6 is 0 Å². The Kier molecular flexibility index (Phi) is 49.7. The number of nitrogens with zero attached hydrogens (tertiary/aromatic N) is 1. The predicted octanol–water partition coefficient (Wildman–Crippen LogP) is -4.59. The highest BCUT2D eigenvalue weighted by atomic mass is 16.4. The van der Waals surface area contributed by atoms with Crippen molar-refractivity contribution in [2.24, 2.45) is 64.0 Å². The lowest BCUT2D eigenvalue weighted by molar-refractivity contribution is -0.143. The summed E-state index contributed by atoms with van der Waals surface area (Å²) in [4.78, 5) is 255. The number of H-pyrrole nitrogens is 1. The Morgan fingerprint density at radius 2 is 0.812 bits per heavy atom. The second-order valence-electron chi connectivity index (χ2n) is 35.2. The van der Waals surface area contributed by atoms with Crippen LogP contribution in [0, 0.1) is 45.8 Å². The Bertz CT molecular complexity index is 4330. The van der Waals surface area contributed by atoms with Crippen LogP contribution in [0.4, 0.5) is 0 Å². The van der Waals surface area contributed by atoms with E-state index >= 15 is 14.4 Å². The summed E-state index contributed by atoms with van der Waals surface area (Å²) in [5.41, 5.74) is 35.1. The first-order valence-electron chi connectivity index (χ1n) is 44.9. The number of primary amides is 1. The van der Waals surface area contributed by atoms with E-state index in [1.165, 1.54) is 20.8 Å². The molecule has 0 spiro atoms. The summed E-state index contributed by atoms with van der Waals surface area (Å²) < 4.78 is 0. The number of benzene rings is 1. The number of hydrogen-bond acceptors (Lipinski definition) is 23. The van der Waals surface area contributed by atoms with Crippen molar-refractivity contribution in [3.8, 4) is 0 Å². The molecule has 15 amide bonds. The fourth-order valence-corrected chi connectivity index (χ4v) is 14.5. The van der Waals surface area contributed by atoms with Gasteiger partial charge < -0.3 is 145 Å². The van der Waals surface area contributed by atoms with Gasteiger partial charge in [-0.1, -0.05) is 87.4 Å². The van der Waals surface area contributed by atoms with Gasteiger partial charge in [0.05, 0.1) is 12.5 Å². The molecule has 0 unspecified atom stereocenters. The number of aliphatic carboxylic acids is 3. The van der Waals surface area contributed by atoms with Gasteiger partial charge in [0.25, 0.3) is 0 Å². The predicted molar refractivity (Wildman–Crippen MR) is 489 cm³/mol. The molecule has 0 radical (unpaired) electrons. The molecule has 1 fully saturated rings. The van der Waals surface area contributed by atoms with Crippen molar-refractivity contribution in [3.63, 3.8) is 0 Å². The summed E-state index contributed by atoms with van der Waals surface area (Å²) >= 11 is 0. The summed E-state index contributed by atoms with van der Waals surface area (Å²) in [6, 6.07) is -15.3. The first kappa shape index (κ1) is 114. The maximum atomic E-state index is 15.2. The van der Waals surface area contributed by atoms with E-state index in [-0.39, 0.29) is 134 Å². The van der Waals surface area contributed by atoms with Crippen LogP contribution in [0.25, 0.3) is 10.9 Å². The molecule has 744 valence electrons. The summed E-state index contributed by atoms with van der Waals surface area (Å²) in [6.45, 7) is 17.9. The number of carbonyl (C=O) groups excluding carboxylic acids is 15. The fraction of sp³-hybridized carbons (Fsp3) is 0.659. The Hall–Kier alpha value is -13.0. The number of likely N-dealkylation sites (tertiary alicyclic amines) is 1. The molecule has 1 aromatic heterocycles. The van der Waals surface area contributed by atoms with Crippen molar-refractivity contribution in [2.75, 3.05) is 32.7 Å². The number of nitrogens with two attached hydrogens (primary N) is 6. The van der Waals surface area contributed by atoms with Crippen LogP contribution in [0.1, 0.15) is 204 Å². The van der Waals surface area contributed by atoms with Gasteiger partial charge in [-0.2, -0.15) is 0 Å². The number of aromatic nitrogens is 1. The van der Waals surface area contributed by atoms with Gasteiger partial charge in [-0.3, -0.25) is 97.7 Å². The summed E-state index contributed by atoms with van der Waals surface area (Å²) in [5, 5.41) is 94.6. The van der Waals surface area contributed by atoms with Crippen molar-refractivity contribution in [3.05, 3.63) is 36.0 Å². The number of aromatic amines is 1. The number of para-hydroxylation sites is 1. The van der Waals surface area contributed by atoms with Crippen LogP contribution in [-0.4, -0.2) is 273 Å². The number of amides is 15. The Labute approximate surface area is 772 Å². The molecule has 1 saturated heterocycles. The molecule has 15 atom stereocenters. The molecule has 48 heteroatoms. The van der Waals surface area contributed by atoms with Crippen LogP contribution in [0.2, 0.25) is 0 Å². The minimum absolute atomic E-state index is 0.00341. The van der Waals surface area contributed by atoms with Crippen molar-refractivity contribution >= 4 is 135 Å². The maximum Gasteiger partial charge on any atom is 0.326 e. The second kappa shape index (κ2) is 58.0. The van der Waals surface area contributed by atoms with E-state index in [2.05, 4.69) is 90.1 Å². The zero-order valence-corrected chi connectivity index (χ0v) is 77.7. The number of carbonyl (C=O) groups is 18. The monoisotopic (exact) mass is 1880 g/mol. The molecule has 1 aliphatic heterocycles. The van der Waals surface area contributed by atoms with Crippen molar-refractivity contribution in [2.45, 2.75) is 295 Å².